The zero-order chi connectivity index (χ0) is 15.2. The topological polar surface area (TPSA) is 47.4 Å². The van der Waals surface area contributed by atoms with Crippen molar-refractivity contribution < 1.29 is 9.53 Å². The lowest BCUT2D eigenvalue weighted by Crippen LogP contribution is -2.22. The monoisotopic (exact) mass is 287 g/mol. The maximum absolute atomic E-state index is 12.6. The molecule has 21 heavy (non-hydrogen) atoms. The van der Waals surface area contributed by atoms with E-state index in [1.165, 1.54) is 0 Å². The number of hydrogen-bond donors (Lipinski definition) is 0. The molecule has 0 aliphatic heterocycles. The number of Topliss-reactive ketones (excluding diaryl/α,β-unsaturated/α-hetero) is 1. The minimum absolute atomic E-state index is 0.0225. The molecule has 112 valence electrons. The molecule has 0 amide bonds. The van der Waals surface area contributed by atoms with E-state index < -0.39 is 0 Å². The Morgan fingerprint density at radius 3 is 2.62 bits per heavy atom. The molecule has 0 N–H and O–H groups in total. The van der Waals surface area contributed by atoms with Crippen LogP contribution >= 0.6 is 0 Å². The summed E-state index contributed by atoms with van der Waals surface area (Å²) in [6, 6.07) is 9.71. The van der Waals surface area contributed by atoms with Gasteiger partial charge in [-0.25, -0.2) is 0 Å². The molecule has 1 heterocycles. The van der Waals surface area contributed by atoms with Crippen molar-refractivity contribution in [1.29, 1.82) is 0 Å². The number of rotatable bonds is 7. The Labute approximate surface area is 125 Å². The maximum Gasteiger partial charge on any atom is 0.189 e. The van der Waals surface area contributed by atoms with Gasteiger partial charge in [0.05, 0.1) is 19.9 Å². The average molecular weight is 287 g/mol. The molecule has 5 heteroatoms. The van der Waals surface area contributed by atoms with Gasteiger partial charge in [-0.05, 0) is 19.7 Å². The largest absolute Gasteiger partial charge is 0.493 e. The third kappa shape index (κ3) is 3.92. The van der Waals surface area contributed by atoms with Crippen LogP contribution < -0.4 is 4.74 Å². The normalized spacial score (nSPS) is 10.9. The van der Waals surface area contributed by atoms with Crippen LogP contribution in [0.15, 0.2) is 36.5 Å². The van der Waals surface area contributed by atoms with Crippen LogP contribution in [0.3, 0.4) is 0 Å². The van der Waals surface area contributed by atoms with Gasteiger partial charge in [0.2, 0.25) is 0 Å². The van der Waals surface area contributed by atoms with Crippen LogP contribution in [-0.4, -0.2) is 48.2 Å². The number of carbonyl (C=O) groups is 1. The number of carbonyl (C=O) groups excluding carboxylic acids is 1. The third-order valence-electron chi connectivity index (χ3n) is 3.26. The van der Waals surface area contributed by atoms with E-state index in [-0.39, 0.29) is 5.78 Å². The fraction of sp³-hybridized carbons (Fsp3) is 0.375. The van der Waals surface area contributed by atoms with E-state index in [1.807, 2.05) is 44.4 Å². The molecule has 2 aromatic rings. The lowest BCUT2D eigenvalue weighted by molar-refractivity contribution is 0.0978. The molecule has 0 aliphatic rings. The van der Waals surface area contributed by atoms with E-state index in [0.29, 0.717) is 24.4 Å². The molecule has 0 unspecified atom stereocenters. The number of aromatic nitrogens is 2. The number of hydrogen-bond acceptors (Lipinski definition) is 4. The van der Waals surface area contributed by atoms with Crippen molar-refractivity contribution in [3.05, 3.63) is 47.8 Å². The highest BCUT2D eigenvalue weighted by atomic mass is 16.5. The molecule has 5 nitrogen and oxygen atoms in total. The summed E-state index contributed by atoms with van der Waals surface area (Å²) in [4.78, 5) is 14.6. The molecular formula is C16H21N3O2. The first-order valence-electron chi connectivity index (χ1n) is 6.93. The standard InChI is InChI=1S/C16H21N3O2/c1-18(2)9-10-19-16(15(21-3)12-17-19)14(20)11-13-7-5-4-6-8-13/h4-8,12H,9-11H2,1-3H3. The van der Waals surface area contributed by atoms with Crippen LogP contribution in [-0.2, 0) is 13.0 Å². The maximum atomic E-state index is 12.6. The second kappa shape index (κ2) is 7.04. The SMILES string of the molecule is COc1cnn(CCN(C)C)c1C(=O)Cc1ccccc1. The number of ether oxygens (including phenoxy) is 1. The summed E-state index contributed by atoms with van der Waals surface area (Å²) in [5.74, 6) is 0.559. The molecule has 0 bridgehead atoms. The van der Waals surface area contributed by atoms with Gasteiger partial charge in [-0.2, -0.15) is 5.10 Å². The molecule has 0 atom stereocenters. The van der Waals surface area contributed by atoms with Crippen molar-refractivity contribution in [3.63, 3.8) is 0 Å². The number of nitrogens with zero attached hydrogens (tertiary/aromatic N) is 3. The van der Waals surface area contributed by atoms with Crippen LogP contribution in [0.2, 0.25) is 0 Å². The second-order valence-corrected chi connectivity index (χ2v) is 5.17. The summed E-state index contributed by atoms with van der Waals surface area (Å²) in [7, 11) is 5.55. The molecule has 1 aromatic carbocycles. The minimum Gasteiger partial charge on any atom is -0.493 e. The van der Waals surface area contributed by atoms with Crippen LogP contribution in [0.1, 0.15) is 16.1 Å². The second-order valence-electron chi connectivity index (χ2n) is 5.17. The molecule has 0 aliphatic carbocycles. The van der Waals surface area contributed by atoms with Gasteiger partial charge in [0, 0.05) is 13.0 Å². The van der Waals surface area contributed by atoms with E-state index in [2.05, 4.69) is 10.00 Å². The highest BCUT2D eigenvalue weighted by Gasteiger charge is 2.19. The first-order chi connectivity index (χ1) is 10.1. The molecule has 0 radical (unpaired) electrons. The molecule has 0 spiro atoms. The first kappa shape index (κ1) is 15.3. The van der Waals surface area contributed by atoms with Crippen molar-refractivity contribution in [2.24, 2.45) is 0 Å². The summed E-state index contributed by atoms with van der Waals surface area (Å²) >= 11 is 0. The molecule has 0 saturated heterocycles. The van der Waals surface area contributed by atoms with Gasteiger partial charge in [0.1, 0.15) is 5.69 Å². The van der Waals surface area contributed by atoms with Crippen molar-refractivity contribution in [2.75, 3.05) is 27.7 Å². The summed E-state index contributed by atoms with van der Waals surface area (Å²) in [5, 5.41) is 4.27. The van der Waals surface area contributed by atoms with Crippen molar-refractivity contribution >= 4 is 5.78 Å². The predicted molar refractivity (Wildman–Crippen MR) is 81.8 cm³/mol. The van der Waals surface area contributed by atoms with E-state index in [4.69, 9.17) is 4.74 Å². The summed E-state index contributed by atoms with van der Waals surface area (Å²) in [5.41, 5.74) is 1.54. The highest BCUT2D eigenvalue weighted by Crippen LogP contribution is 2.20. The Morgan fingerprint density at radius 1 is 1.29 bits per heavy atom. The minimum atomic E-state index is 0.0225. The van der Waals surface area contributed by atoms with Gasteiger partial charge in [-0.15, -0.1) is 0 Å². The van der Waals surface area contributed by atoms with E-state index in [1.54, 1.807) is 18.0 Å². The summed E-state index contributed by atoms with van der Waals surface area (Å²) < 4.78 is 7.00. The van der Waals surface area contributed by atoms with Gasteiger partial charge in [0.15, 0.2) is 11.5 Å². The predicted octanol–water partition coefficient (Wildman–Crippen LogP) is 1.88. The molecule has 2 rings (SSSR count). The smallest absolute Gasteiger partial charge is 0.189 e. The fourth-order valence-corrected chi connectivity index (χ4v) is 2.13. The van der Waals surface area contributed by atoms with Gasteiger partial charge in [-0.3, -0.25) is 9.48 Å². The third-order valence-corrected chi connectivity index (χ3v) is 3.26. The van der Waals surface area contributed by atoms with Gasteiger partial charge in [0.25, 0.3) is 0 Å². The first-order valence-corrected chi connectivity index (χ1v) is 6.93. The Morgan fingerprint density at radius 2 is 2.00 bits per heavy atom. The Hall–Kier alpha value is -2.14. The number of likely N-dealkylation sites (N-methyl/N-ethyl adjacent to an activating group) is 1. The van der Waals surface area contributed by atoms with Crippen LogP contribution in [0.4, 0.5) is 0 Å². The highest BCUT2D eigenvalue weighted by molar-refractivity contribution is 5.98. The number of benzene rings is 1. The van der Waals surface area contributed by atoms with Gasteiger partial charge < -0.3 is 9.64 Å². The lowest BCUT2D eigenvalue weighted by Gasteiger charge is -2.12. The number of methoxy groups -OCH3 is 1. The Balaban J connectivity index is 2.20. The zero-order valence-corrected chi connectivity index (χ0v) is 12.7. The van der Waals surface area contributed by atoms with E-state index >= 15 is 0 Å². The van der Waals surface area contributed by atoms with Crippen LogP contribution in [0, 0.1) is 0 Å². The van der Waals surface area contributed by atoms with E-state index in [9.17, 15) is 4.79 Å². The Bertz CT molecular complexity index is 591. The molecular weight excluding hydrogens is 266 g/mol. The summed E-state index contributed by atoms with van der Waals surface area (Å²) in [6.07, 6.45) is 1.96. The van der Waals surface area contributed by atoms with Crippen molar-refractivity contribution in [3.8, 4) is 5.75 Å². The molecule has 0 fully saturated rings. The number of ketones is 1. The lowest BCUT2D eigenvalue weighted by atomic mass is 10.1. The Kier molecular flexibility index (Phi) is 5.11. The van der Waals surface area contributed by atoms with Crippen molar-refractivity contribution in [1.82, 2.24) is 14.7 Å². The molecule has 0 saturated carbocycles. The van der Waals surface area contributed by atoms with Gasteiger partial charge in [-0.1, -0.05) is 30.3 Å². The van der Waals surface area contributed by atoms with Gasteiger partial charge >= 0.3 is 0 Å². The quantitative estimate of drug-likeness (QED) is 0.730. The zero-order valence-electron chi connectivity index (χ0n) is 12.7. The summed E-state index contributed by atoms with van der Waals surface area (Å²) in [6.45, 7) is 1.47. The van der Waals surface area contributed by atoms with Crippen molar-refractivity contribution in [2.45, 2.75) is 13.0 Å². The average Bonchev–Trinajstić information content (AvgIpc) is 2.89. The van der Waals surface area contributed by atoms with Crippen LogP contribution in [0.25, 0.3) is 0 Å². The van der Waals surface area contributed by atoms with Crippen LogP contribution in [0.5, 0.6) is 5.75 Å². The fourth-order valence-electron chi connectivity index (χ4n) is 2.13. The van der Waals surface area contributed by atoms with E-state index in [0.717, 1.165) is 12.1 Å². The molecule has 1 aromatic heterocycles.